The lowest BCUT2D eigenvalue weighted by Crippen LogP contribution is -2.35. The fraction of sp³-hybridized carbons (Fsp3) is 0.682. The Morgan fingerprint density at radius 2 is 1.88 bits per heavy atom. The smallest absolute Gasteiger partial charge is 0.253 e. The van der Waals surface area contributed by atoms with Gasteiger partial charge in [0, 0.05) is 18.7 Å². The highest BCUT2D eigenvalue weighted by Crippen LogP contribution is 2.36. The maximum atomic E-state index is 12.9. The van der Waals surface area contributed by atoms with Crippen LogP contribution in [-0.4, -0.2) is 31.0 Å². The second-order valence-electron chi connectivity index (χ2n) is 7.71. The summed E-state index contributed by atoms with van der Waals surface area (Å²) in [7, 11) is 1.65. The van der Waals surface area contributed by atoms with Crippen molar-refractivity contribution in [1.29, 1.82) is 0 Å². The van der Waals surface area contributed by atoms with Gasteiger partial charge in [-0.05, 0) is 61.3 Å². The van der Waals surface area contributed by atoms with E-state index in [1.807, 2.05) is 29.2 Å². The minimum atomic E-state index is 0.147. The number of methoxy groups -OCH3 is 1. The predicted molar refractivity (Wildman–Crippen MR) is 104 cm³/mol. The molecule has 0 bridgehead atoms. The molecule has 140 valence electrons. The molecular formula is C22H35NO2. The number of carbonyl (C=O) groups is 1. The fourth-order valence-corrected chi connectivity index (χ4v) is 4.26. The molecule has 0 N–H and O–H groups in total. The fourth-order valence-electron chi connectivity index (χ4n) is 4.26. The number of amides is 1. The molecule has 1 fully saturated rings. The lowest BCUT2D eigenvalue weighted by Gasteiger charge is -2.34. The Balaban J connectivity index is 1.95. The molecule has 1 amide bonds. The zero-order valence-corrected chi connectivity index (χ0v) is 16.5. The monoisotopic (exact) mass is 345 g/mol. The predicted octanol–water partition coefficient (Wildman–Crippen LogP) is 5.40. The molecule has 2 unspecified atom stereocenters. The van der Waals surface area contributed by atoms with Gasteiger partial charge in [0.15, 0.2) is 0 Å². The van der Waals surface area contributed by atoms with Gasteiger partial charge in [0.25, 0.3) is 5.91 Å². The molecule has 3 atom stereocenters. The number of carbonyl (C=O) groups excluding carboxylic acids is 1. The minimum absolute atomic E-state index is 0.147. The van der Waals surface area contributed by atoms with Crippen molar-refractivity contribution in [3.05, 3.63) is 29.8 Å². The van der Waals surface area contributed by atoms with Crippen LogP contribution in [0, 0.1) is 17.8 Å². The average Bonchev–Trinajstić information content (AvgIpc) is 2.64. The normalized spacial score (nSPS) is 21.6. The van der Waals surface area contributed by atoms with Crippen molar-refractivity contribution in [3.8, 4) is 5.75 Å². The number of benzene rings is 1. The quantitative estimate of drug-likeness (QED) is 0.631. The Morgan fingerprint density at radius 1 is 1.20 bits per heavy atom. The van der Waals surface area contributed by atoms with E-state index in [1.54, 1.807) is 7.11 Å². The summed E-state index contributed by atoms with van der Waals surface area (Å²) in [5.41, 5.74) is 0.757. The summed E-state index contributed by atoms with van der Waals surface area (Å²) in [6.07, 6.45) is 7.61. The topological polar surface area (TPSA) is 29.5 Å². The van der Waals surface area contributed by atoms with E-state index in [-0.39, 0.29) is 5.91 Å². The van der Waals surface area contributed by atoms with E-state index in [1.165, 1.54) is 25.7 Å². The molecule has 1 aliphatic rings. The van der Waals surface area contributed by atoms with Crippen molar-refractivity contribution in [1.82, 2.24) is 4.90 Å². The highest BCUT2D eigenvalue weighted by atomic mass is 16.5. The van der Waals surface area contributed by atoms with Gasteiger partial charge in [-0.25, -0.2) is 0 Å². The molecule has 0 saturated heterocycles. The van der Waals surface area contributed by atoms with Crippen LogP contribution in [0.3, 0.4) is 0 Å². The number of rotatable bonds is 8. The van der Waals surface area contributed by atoms with Crippen LogP contribution >= 0.6 is 0 Å². The summed E-state index contributed by atoms with van der Waals surface area (Å²) in [5.74, 6) is 3.29. The van der Waals surface area contributed by atoms with Crippen molar-refractivity contribution >= 4 is 5.91 Å². The van der Waals surface area contributed by atoms with Gasteiger partial charge in [-0.15, -0.1) is 0 Å². The average molecular weight is 346 g/mol. The summed E-state index contributed by atoms with van der Waals surface area (Å²) < 4.78 is 5.19. The molecule has 1 aromatic rings. The molecule has 0 spiro atoms. The second kappa shape index (κ2) is 9.84. The summed E-state index contributed by atoms with van der Waals surface area (Å²) in [6, 6.07) is 7.47. The Labute approximate surface area is 153 Å². The van der Waals surface area contributed by atoms with E-state index in [0.29, 0.717) is 5.92 Å². The molecule has 1 aromatic carbocycles. The number of ether oxygens (including phenoxy) is 1. The molecule has 2 rings (SSSR count). The molecule has 3 heteroatoms. The van der Waals surface area contributed by atoms with E-state index >= 15 is 0 Å². The molecule has 0 aliphatic heterocycles. The van der Waals surface area contributed by atoms with Crippen molar-refractivity contribution in [2.24, 2.45) is 17.8 Å². The molecule has 0 aromatic heterocycles. The largest absolute Gasteiger partial charge is 0.497 e. The molecular weight excluding hydrogens is 310 g/mol. The van der Waals surface area contributed by atoms with E-state index in [4.69, 9.17) is 4.74 Å². The highest BCUT2D eigenvalue weighted by molar-refractivity contribution is 5.94. The Bertz CT molecular complexity index is 525. The van der Waals surface area contributed by atoms with Crippen LogP contribution in [0.5, 0.6) is 5.75 Å². The maximum absolute atomic E-state index is 12.9. The summed E-state index contributed by atoms with van der Waals surface area (Å²) >= 11 is 0. The molecule has 1 saturated carbocycles. The van der Waals surface area contributed by atoms with Crippen molar-refractivity contribution in [3.63, 3.8) is 0 Å². The SMILES string of the molecule is CCCN(CCC(C)C1CCCC[C@H]1C)C(=O)c1ccc(OC)cc1. The van der Waals surface area contributed by atoms with Gasteiger partial charge >= 0.3 is 0 Å². The van der Waals surface area contributed by atoms with E-state index in [9.17, 15) is 4.79 Å². The molecule has 0 heterocycles. The van der Waals surface area contributed by atoms with Gasteiger partial charge in [0.2, 0.25) is 0 Å². The van der Waals surface area contributed by atoms with Gasteiger partial charge in [-0.2, -0.15) is 0 Å². The number of hydrogen-bond acceptors (Lipinski definition) is 2. The first kappa shape index (κ1) is 19.8. The van der Waals surface area contributed by atoms with Crippen LogP contribution in [0.25, 0.3) is 0 Å². The summed E-state index contributed by atoms with van der Waals surface area (Å²) in [6.45, 7) is 8.63. The lowest BCUT2D eigenvalue weighted by atomic mass is 9.73. The summed E-state index contributed by atoms with van der Waals surface area (Å²) in [4.78, 5) is 14.9. The maximum Gasteiger partial charge on any atom is 0.253 e. The third kappa shape index (κ3) is 5.49. The molecule has 3 nitrogen and oxygen atoms in total. The van der Waals surface area contributed by atoms with Gasteiger partial charge in [-0.1, -0.05) is 40.0 Å². The Kier molecular flexibility index (Phi) is 7.80. The minimum Gasteiger partial charge on any atom is -0.497 e. The first-order valence-electron chi connectivity index (χ1n) is 10.00. The van der Waals surface area contributed by atoms with E-state index < -0.39 is 0 Å². The van der Waals surface area contributed by atoms with Crippen LogP contribution in [-0.2, 0) is 0 Å². The van der Waals surface area contributed by atoms with Crippen LogP contribution in [0.2, 0.25) is 0 Å². The van der Waals surface area contributed by atoms with Crippen LogP contribution in [0.15, 0.2) is 24.3 Å². The zero-order chi connectivity index (χ0) is 18.2. The highest BCUT2D eigenvalue weighted by Gasteiger charge is 2.27. The van der Waals surface area contributed by atoms with Gasteiger partial charge < -0.3 is 9.64 Å². The van der Waals surface area contributed by atoms with E-state index in [2.05, 4.69) is 20.8 Å². The first-order valence-corrected chi connectivity index (χ1v) is 10.00. The van der Waals surface area contributed by atoms with Crippen molar-refractivity contribution in [2.75, 3.05) is 20.2 Å². The third-order valence-electron chi connectivity index (χ3n) is 5.88. The molecule has 1 aliphatic carbocycles. The summed E-state index contributed by atoms with van der Waals surface area (Å²) in [5, 5.41) is 0. The van der Waals surface area contributed by atoms with Crippen molar-refractivity contribution in [2.45, 2.75) is 59.3 Å². The van der Waals surface area contributed by atoms with Gasteiger partial charge in [0.1, 0.15) is 5.75 Å². The third-order valence-corrected chi connectivity index (χ3v) is 5.88. The van der Waals surface area contributed by atoms with Crippen LogP contribution < -0.4 is 4.74 Å². The molecule has 0 radical (unpaired) electrons. The Morgan fingerprint density at radius 3 is 2.48 bits per heavy atom. The zero-order valence-electron chi connectivity index (χ0n) is 16.5. The lowest BCUT2D eigenvalue weighted by molar-refractivity contribution is 0.0730. The standard InChI is InChI=1S/C22H35NO2/c1-5-15-23(22(24)19-10-12-20(25-4)13-11-19)16-14-18(3)21-9-7-6-8-17(21)2/h10-13,17-18,21H,5-9,14-16H2,1-4H3/t17-,18?,21?/m1/s1. The van der Waals surface area contributed by atoms with Gasteiger partial charge in [-0.3, -0.25) is 4.79 Å². The Hall–Kier alpha value is -1.51. The van der Waals surface area contributed by atoms with Gasteiger partial charge in [0.05, 0.1) is 7.11 Å². The number of nitrogens with zero attached hydrogens (tertiary/aromatic N) is 1. The van der Waals surface area contributed by atoms with E-state index in [0.717, 1.165) is 49.1 Å². The van der Waals surface area contributed by atoms with Crippen LogP contribution in [0.4, 0.5) is 0 Å². The molecule has 25 heavy (non-hydrogen) atoms. The first-order chi connectivity index (χ1) is 12.1. The van der Waals surface area contributed by atoms with Crippen molar-refractivity contribution < 1.29 is 9.53 Å². The second-order valence-corrected chi connectivity index (χ2v) is 7.71. The van der Waals surface area contributed by atoms with Crippen LogP contribution in [0.1, 0.15) is 69.7 Å². The number of hydrogen-bond donors (Lipinski definition) is 0.